The first kappa shape index (κ1) is 59.3. The van der Waals surface area contributed by atoms with Crippen LogP contribution in [0.25, 0.3) is 0 Å². The van der Waals surface area contributed by atoms with Gasteiger partial charge in [-0.3, -0.25) is 9.59 Å². The normalized spacial score (nSPS) is 12.8. The Hall–Kier alpha value is -1.66. The minimum absolute atomic E-state index is 0.0287. The molecule has 2 atom stereocenters. The number of hydrogen-bond acceptors (Lipinski definition) is 5. The fourth-order valence-corrected chi connectivity index (χ4v) is 8.27. The van der Waals surface area contributed by atoms with Crippen molar-refractivity contribution in [2.45, 2.75) is 302 Å². The van der Waals surface area contributed by atoms with E-state index in [2.05, 4.69) is 31.3 Å². The summed E-state index contributed by atoms with van der Waals surface area (Å²) in [6.07, 6.45) is 60.5. The molecule has 0 aliphatic carbocycles. The van der Waals surface area contributed by atoms with Crippen LogP contribution in [0.1, 0.15) is 290 Å². The molecule has 0 bridgehead atoms. The molecule has 61 heavy (non-hydrogen) atoms. The third-order valence-electron chi connectivity index (χ3n) is 12.5. The maximum atomic E-state index is 12.4. The Labute approximate surface area is 380 Å². The quantitative estimate of drug-likeness (QED) is 0.0322. The van der Waals surface area contributed by atoms with Gasteiger partial charge in [0, 0.05) is 12.8 Å². The zero-order valence-electron chi connectivity index (χ0n) is 40.9. The molecule has 360 valence electrons. The number of rotatable bonds is 50. The van der Waals surface area contributed by atoms with Gasteiger partial charge < -0.3 is 20.3 Å². The standard InChI is InChI=1S/C55H105NO5/c1-3-5-7-9-11-13-15-17-19-20-21-23-25-29-33-37-41-45-49-55(60)61-50-46-42-38-34-30-26-28-32-36-40-44-48-54(59)56-52(51-57)53(58)47-43-39-35-31-27-24-22-18-16-14-12-10-8-6-4-2/h30,34,43,47,52-53,57-58H,3-29,31-33,35-42,44-46,48-51H2,1-2H3,(H,56,59)/b34-30-,47-43+. The van der Waals surface area contributed by atoms with Gasteiger partial charge in [-0.2, -0.15) is 0 Å². The fraction of sp³-hybridized carbons (Fsp3) is 0.891. The zero-order valence-corrected chi connectivity index (χ0v) is 40.9. The average molecular weight is 860 g/mol. The summed E-state index contributed by atoms with van der Waals surface area (Å²) in [6, 6.07) is -0.648. The van der Waals surface area contributed by atoms with Crippen LogP contribution in [0.15, 0.2) is 24.3 Å². The molecule has 3 N–H and O–H groups in total. The highest BCUT2D eigenvalue weighted by molar-refractivity contribution is 5.76. The maximum absolute atomic E-state index is 12.4. The van der Waals surface area contributed by atoms with Crippen molar-refractivity contribution in [3.05, 3.63) is 24.3 Å². The van der Waals surface area contributed by atoms with Gasteiger partial charge in [0.25, 0.3) is 0 Å². The van der Waals surface area contributed by atoms with Crippen LogP contribution < -0.4 is 5.32 Å². The third-order valence-corrected chi connectivity index (χ3v) is 12.5. The lowest BCUT2D eigenvalue weighted by Crippen LogP contribution is -2.45. The van der Waals surface area contributed by atoms with E-state index in [0.717, 1.165) is 83.5 Å². The number of aliphatic hydroxyl groups is 2. The van der Waals surface area contributed by atoms with Crippen molar-refractivity contribution in [1.82, 2.24) is 5.32 Å². The molecule has 0 aromatic carbocycles. The number of ether oxygens (including phenoxy) is 1. The Kier molecular flexibility index (Phi) is 49.6. The summed E-state index contributed by atoms with van der Waals surface area (Å²) in [5.74, 6) is -0.125. The molecular formula is C55H105NO5. The number of esters is 1. The summed E-state index contributed by atoms with van der Waals surface area (Å²) in [7, 11) is 0. The lowest BCUT2D eigenvalue weighted by molar-refractivity contribution is -0.143. The first-order valence-corrected chi connectivity index (χ1v) is 27.1. The van der Waals surface area contributed by atoms with Crippen molar-refractivity contribution in [3.63, 3.8) is 0 Å². The van der Waals surface area contributed by atoms with Crippen molar-refractivity contribution >= 4 is 11.9 Å². The number of unbranched alkanes of at least 4 members (excludes halogenated alkanes) is 37. The van der Waals surface area contributed by atoms with Crippen LogP contribution in [0, 0.1) is 0 Å². The first-order chi connectivity index (χ1) is 30.0. The molecule has 0 heterocycles. The number of allylic oxidation sites excluding steroid dienone is 3. The Morgan fingerprint density at radius 1 is 0.443 bits per heavy atom. The molecule has 0 saturated carbocycles. The number of amides is 1. The monoisotopic (exact) mass is 860 g/mol. The Balaban J connectivity index is 3.51. The highest BCUT2D eigenvalue weighted by Crippen LogP contribution is 2.16. The summed E-state index contributed by atoms with van der Waals surface area (Å²) in [5, 5.41) is 23.0. The van der Waals surface area contributed by atoms with Gasteiger partial charge in [0.05, 0.1) is 25.4 Å². The molecule has 6 nitrogen and oxygen atoms in total. The van der Waals surface area contributed by atoms with E-state index in [-0.39, 0.29) is 18.5 Å². The van der Waals surface area contributed by atoms with Crippen molar-refractivity contribution in [2.75, 3.05) is 13.2 Å². The summed E-state index contributed by atoms with van der Waals surface area (Å²) < 4.78 is 5.45. The second kappa shape index (κ2) is 51.0. The fourth-order valence-electron chi connectivity index (χ4n) is 8.27. The number of aliphatic hydroxyl groups excluding tert-OH is 2. The smallest absolute Gasteiger partial charge is 0.305 e. The van der Waals surface area contributed by atoms with E-state index in [1.807, 2.05) is 6.08 Å². The van der Waals surface area contributed by atoms with Crippen LogP contribution in [0.5, 0.6) is 0 Å². The lowest BCUT2D eigenvalue weighted by atomic mass is 10.0. The molecule has 2 unspecified atom stereocenters. The molecule has 6 heteroatoms. The zero-order chi connectivity index (χ0) is 44.4. The average Bonchev–Trinajstić information content (AvgIpc) is 3.26. The number of hydrogen-bond donors (Lipinski definition) is 3. The van der Waals surface area contributed by atoms with Gasteiger partial charge >= 0.3 is 5.97 Å². The lowest BCUT2D eigenvalue weighted by Gasteiger charge is -2.20. The number of carbonyl (C=O) groups is 2. The topological polar surface area (TPSA) is 95.9 Å². The van der Waals surface area contributed by atoms with Gasteiger partial charge in [-0.15, -0.1) is 0 Å². The van der Waals surface area contributed by atoms with Gasteiger partial charge in [0.15, 0.2) is 0 Å². The van der Waals surface area contributed by atoms with E-state index < -0.39 is 12.1 Å². The van der Waals surface area contributed by atoms with E-state index >= 15 is 0 Å². The highest BCUT2D eigenvalue weighted by Gasteiger charge is 2.18. The van der Waals surface area contributed by atoms with Crippen LogP contribution in [0.3, 0.4) is 0 Å². The van der Waals surface area contributed by atoms with Crippen molar-refractivity contribution in [2.24, 2.45) is 0 Å². The first-order valence-electron chi connectivity index (χ1n) is 27.1. The summed E-state index contributed by atoms with van der Waals surface area (Å²) in [5.41, 5.74) is 0. The Morgan fingerprint density at radius 2 is 0.770 bits per heavy atom. The number of nitrogens with one attached hydrogen (secondary N) is 1. The predicted molar refractivity (Wildman–Crippen MR) is 264 cm³/mol. The highest BCUT2D eigenvalue weighted by atomic mass is 16.5. The van der Waals surface area contributed by atoms with E-state index in [1.165, 1.54) is 180 Å². The SMILES string of the molecule is CCCCCCCCCCCCCCC/C=C/C(O)C(CO)NC(=O)CCCCCCC/C=C\CCCCOC(=O)CCCCCCCCCCCCCCCCCCCC. The molecule has 1 amide bonds. The molecule has 0 fully saturated rings. The van der Waals surface area contributed by atoms with Crippen LogP contribution in [-0.2, 0) is 14.3 Å². The van der Waals surface area contributed by atoms with Gasteiger partial charge in [-0.1, -0.05) is 244 Å². The summed E-state index contributed by atoms with van der Waals surface area (Å²) >= 11 is 0. The van der Waals surface area contributed by atoms with E-state index in [9.17, 15) is 19.8 Å². The molecular weight excluding hydrogens is 755 g/mol. The van der Waals surface area contributed by atoms with Gasteiger partial charge in [-0.25, -0.2) is 0 Å². The van der Waals surface area contributed by atoms with Crippen LogP contribution in [0.4, 0.5) is 0 Å². The van der Waals surface area contributed by atoms with E-state index in [4.69, 9.17) is 4.74 Å². The summed E-state index contributed by atoms with van der Waals surface area (Å²) in [6.45, 7) is 4.84. The van der Waals surface area contributed by atoms with E-state index in [1.54, 1.807) is 6.08 Å². The minimum Gasteiger partial charge on any atom is -0.466 e. The molecule has 0 aromatic rings. The maximum Gasteiger partial charge on any atom is 0.305 e. The van der Waals surface area contributed by atoms with Gasteiger partial charge in [-0.05, 0) is 57.8 Å². The van der Waals surface area contributed by atoms with Gasteiger partial charge in [0.1, 0.15) is 0 Å². The Bertz CT molecular complexity index is 951. The molecule has 0 aliphatic rings. The Morgan fingerprint density at radius 3 is 1.16 bits per heavy atom. The molecule has 0 radical (unpaired) electrons. The molecule has 0 rings (SSSR count). The second-order valence-corrected chi connectivity index (χ2v) is 18.6. The van der Waals surface area contributed by atoms with Crippen LogP contribution in [-0.4, -0.2) is 47.4 Å². The van der Waals surface area contributed by atoms with Crippen molar-refractivity contribution in [1.29, 1.82) is 0 Å². The van der Waals surface area contributed by atoms with Gasteiger partial charge in [0.2, 0.25) is 5.91 Å². The molecule has 0 saturated heterocycles. The number of carbonyl (C=O) groups excluding carboxylic acids is 2. The predicted octanol–water partition coefficient (Wildman–Crippen LogP) is 16.3. The van der Waals surface area contributed by atoms with Crippen LogP contribution >= 0.6 is 0 Å². The minimum atomic E-state index is -0.861. The second-order valence-electron chi connectivity index (χ2n) is 18.6. The molecule has 0 spiro atoms. The van der Waals surface area contributed by atoms with Crippen LogP contribution in [0.2, 0.25) is 0 Å². The largest absolute Gasteiger partial charge is 0.466 e. The van der Waals surface area contributed by atoms with Crippen molar-refractivity contribution in [3.8, 4) is 0 Å². The third kappa shape index (κ3) is 47.7. The molecule has 0 aromatic heterocycles. The van der Waals surface area contributed by atoms with Crippen molar-refractivity contribution < 1.29 is 24.5 Å². The molecule has 0 aliphatic heterocycles. The summed E-state index contributed by atoms with van der Waals surface area (Å²) in [4.78, 5) is 24.5. The van der Waals surface area contributed by atoms with E-state index in [0.29, 0.717) is 19.4 Å².